The fourth-order valence-electron chi connectivity index (χ4n) is 2.66. The van der Waals surface area contributed by atoms with Crippen molar-refractivity contribution in [1.82, 2.24) is 25.1 Å². The van der Waals surface area contributed by atoms with E-state index in [2.05, 4.69) is 32.0 Å². The van der Waals surface area contributed by atoms with Crippen LogP contribution < -0.4 is 5.32 Å². The van der Waals surface area contributed by atoms with Crippen molar-refractivity contribution in [2.24, 2.45) is 0 Å². The Morgan fingerprint density at radius 2 is 1.89 bits per heavy atom. The van der Waals surface area contributed by atoms with Crippen molar-refractivity contribution >= 4 is 17.7 Å². The van der Waals surface area contributed by atoms with Crippen LogP contribution in [0.3, 0.4) is 0 Å². The third-order valence-electron chi connectivity index (χ3n) is 4.15. The summed E-state index contributed by atoms with van der Waals surface area (Å²) >= 11 is 1.63. The number of pyridine rings is 1. The number of methoxy groups -OCH3 is 1. The van der Waals surface area contributed by atoms with Gasteiger partial charge in [-0.05, 0) is 36.8 Å². The van der Waals surface area contributed by atoms with Gasteiger partial charge in [-0.25, -0.2) is 0 Å². The van der Waals surface area contributed by atoms with Gasteiger partial charge in [0.25, 0.3) is 5.91 Å². The van der Waals surface area contributed by atoms with Crippen LogP contribution in [0.4, 0.5) is 0 Å². The fourth-order valence-corrected chi connectivity index (χ4v) is 3.62. The summed E-state index contributed by atoms with van der Waals surface area (Å²) in [5.41, 5.74) is 2.76. The molecule has 0 aliphatic heterocycles. The molecule has 0 bridgehead atoms. The molecule has 0 spiro atoms. The van der Waals surface area contributed by atoms with Gasteiger partial charge in [0.05, 0.1) is 6.61 Å². The van der Waals surface area contributed by atoms with Crippen LogP contribution >= 0.6 is 11.8 Å². The van der Waals surface area contributed by atoms with Crippen LogP contribution in [0.25, 0.3) is 11.4 Å². The van der Waals surface area contributed by atoms with E-state index in [1.165, 1.54) is 0 Å². The largest absolute Gasteiger partial charge is 0.383 e. The van der Waals surface area contributed by atoms with E-state index in [9.17, 15) is 4.79 Å². The number of carbonyl (C=O) groups is 1. The number of amides is 1. The van der Waals surface area contributed by atoms with Crippen LogP contribution in [0.15, 0.2) is 53.9 Å². The molecule has 2 heterocycles. The molecule has 0 fully saturated rings. The normalized spacial score (nSPS) is 10.8. The van der Waals surface area contributed by atoms with Gasteiger partial charge in [-0.2, -0.15) is 0 Å². The van der Waals surface area contributed by atoms with Gasteiger partial charge in [0.2, 0.25) is 0 Å². The molecule has 3 aromatic rings. The first-order chi connectivity index (χ1) is 13.7. The highest BCUT2D eigenvalue weighted by molar-refractivity contribution is 7.98. The number of nitrogens with zero attached hydrogens (tertiary/aromatic N) is 4. The second-order valence-electron chi connectivity index (χ2n) is 6.02. The summed E-state index contributed by atoms with van der Waals surface area (Å²) < 4.78 is 7.03. The first-order valence-electron chi connectivity index (χ1n) is 9.05. The minimum absolute atomic E-state index is 0.0935. The van der Waals surface area contributed by atoms with Crippen molar-refractivity contribution in [3.05, 3.63) is 59.9 Å². The van der Waals surface area contributed by atoms with E-state index in [0.717, 1.165) is 34.4 Å². The summed E-state index contributed by atoms with van der Waals surface area (Å²) in [5.74, 6) is 1.50. The molecule has 0 radical (unpaired) electrons. The summed E-state index contributed by atoms with van der Waals surface area (Å²) in [6, 6.07) is 11.5. The Hall–Kier alpha value is -2.71. The third kappa shape index (κ3) is 4.96. The van der Waals surface area contributed by atoms with Gasteiger partial charge in [-0.15, -0.1) is 10.2 Å². The van der Waals surface area contributed by atoms with E-state index in [0.29, 0.717) is 18.7 Å². The molecule has 146 valence electrons. The first-order valence-corrected chi connectivity index (χ1v) is 10.0. The first kappa shape index (κ1) is 20.0. The zero-order valence-electron chi connectivity index (χ0n) is 16.0. The minimum Gasteiger partial charge on any atom is -0.383 e. The standard InChI is InChI=1S/C20H23N5O2S/c1-3-25-18(16-8-10-21-11-9-16)23-24-20(25)28-14-15-4-6-17(7-5-15)19(26)22-12-13-27-2/h4-11H,3,12-14H2,1-2H3,(H,22,26). The van der Waals surface area contributed by atoms with Gasteiger partial charge in [0, 0.05) is 49.5 Å². The molecule has 2 aromatic heterocycles. The van der Waals surface area contributed by atoms with E-state index in [1.54, 1.807) is 31.3 Å². The lowest BCUT2D eigenvalue weighted by Gasteiger charge is -2.08. The number of benzene rings is 1. The van der Waals surface area contributed by atoms with Crippen LogP contribution in [0, 0.1) is 0 Å². The average Bonchev–Trinajstić information content (AvgIpc) is 3.16. The molecule has 8 heteroatoms. The zero-order chi connectivity index (χ0) is 19.8. The molecule has 7 nitrogen and oxygen atoms in total. The third-order valence-corrected chi connectivity index (χ3v) is 5.19. The summed E-state index contributed by atoms with van der Waals surface area (Å²) in [7, 11) is 1.61. The number of ether oxygens (including phenoxy) is 1. The van der Waals surface area contributed by atoms with Gasteiger partial charge in [-0.1, -0.05) is 23.9 Å². The number of nitrogens with one attached hydrogen (secondary N) is 1. The smallest absolute Gasteiger partial charge is 0.251 e. The van der Waals surface area contributed by atoms with Crippen molar-refractivity contribution in [2.75, 3.05) is 20.3 Å². The highest BCUT2D eigenvalue weighted by atomic mass is 32.2. The Balaban J connectivity index is 1.63. The molecule has 0 aliphatic carbocycles. The lowest BCUT2D eigenvalue weighted by Crippen LogP contribution is -2.26. The van der Waals surface area contributed by atoms with Gasteiger partial charge in [0.15, 0.2) is 11.0 Å². The Morgan fingerprint density at radius 1 is 1.14 bits per heavy atom. The van der Waals surface area contributed by atoms with E-state index in [1.807, 2.05) is 36.4 Å². The predicted molar refractivity (Wildman–Crippen MR) is 109 cm³/mol. The van der Waals surface area contributed by atoms with Gasteiger partial charge in [0.1, 0.15) is 0 Å². The average molecular weight is 398 g/mol. The molecule has 0 atom stereocenters. The van der Waals surface area contributed by atoms with Crippen LogP contribution in [-0.4, -0.2) is 45.9 Å². The summed E-state index contributed by atoms with van der Waals surface area (Å²) in [4.78, 5) is 16.1. The van der Waals surface area contributed by atoms with Crippen molar-refractivity contribution in [2.45, 2.75) is 24.4 Å². The van der Waals surface area contributed by atoms with E-state index < -0.39 is 0 Å². The lowest BCUT2D eigenvalue weighted by atomic mass is 10.1. The Bertz CT molecular complexity index is 897. The highest BCUT2D eigenvalue weighted by Gasteiger charge is 2.13. The molecule has 0 unspecified atom stereocenters. The molecule has 0 aliphatic rings. The van der Waals surface area contributed by atoms with Crippen molar-refractivity contribution in [3.8, 4) is 11.4 Å². The molecular formula is C20H23N5O2S. The second kappa shape index (κ2) is 10.0. The maximum absolute atomic E-state index is 12.0. The molecule has 0 saturated heterocycles. The van der Waals surface area contributed by atoms with Crippen LogP contribution in [0.1, 0.15) is 22.8 Å². The number of hydrogen-bond donors (Lipinski definition) is 1. The SMILES string of the molecule is CCn1c(SCc2ccc(C(=O)NCCOC)cc2)nnc1-c1ccncc1. The minimum atomic E-state index is -0.0935. The van der Waals surface area contributed by atoms with Crippen molar-refractivity contribution in [3.63, 3.8) is 0 Å². The number of aromatic nitrogens is 4. The topological polar surface area (TPSA) is 81.9 Å². The fraction of sp³-hybridized carbons (Fsp3) is 0.300. The Kier molecular flexibility index (Phi) is 7.16. The van der Waals surface area contributed by atoms with Crippen LogP contribution in [0.5, 0.6) is 0 Å². The monoisotopic (exact) mass is 397 g/mol. The van der Waals surface area contributed by atoms with E-state index >= 15 is 0 Å². The molecular weight excluding hydrogens is 374 g/mol. The lowest BCUT2D eigenvalue weighted by molar-refractivity contribution is 0.0937. The maximum Gasteiger partial charge on any atom is 0.251 e. The van der Waals surface area contributed by atoms with Gasteiger partial charge >= 0.3 is 0 Å². The quantitative estimate of drug-likeness (QED) is 0.441. The molecule has 28 heavy (non-hydrogen) atoms. The second-order valence-corrected chi connectivity index (χ2v) is 6.96. The highest BCUT2D eigenvalue weighted by Crippen LogP contribution is 2.26. The number of carbonyl (C=O) groups excluding carboxylic acids is 1. The van der Waals surface area contributed by atoms with E-state index in [-0.39, 0.29) is 5.91 Å². The molecule has 3 rings (SSSR count). The van der Waals surface area contributed by atoms with Gasteiger partial charge < -0.3 is 14.6 Å². The van der Waals surface area contributed by atoms with Crippen LogP contribution in [-0.2, 0) is 17.0 Å². The molecule has 0 saturated carbocycles. The van der Waals surface area contributed by atoms with Crippen molar-refractivity contribution in [1.29, 1.82) is 0 Å². The number of thioether (sulfide) groups is 1. The zero-order valence-corrected chi connectivity index (χ0v) is 16.8. The number of rotatable bonds is 9. The van der Waals surface area contributed by atoms with Gasteiger partial charge in [-0.3, -0.25) is 9.78 Å². The molecule has 1 amide bonds. The predicted octanol–water partition coefficient (Wildman–Crippen LogP) is 3.03. The summed E-state index contributed by atoms with van der Waals surface area (Å²) in [6.07, 6.45) is 3.51. The number of hydrogen-bond acceptors (Lipinski definition) is 6. The summed E-state index contributed by atoms with van der Waals surface area (Å²) in [6.45, 7) is 3.86. The molecule has 1 aromatic carbocycles. The Morgan fingerprint density at radius 3 is 2.57 bits per heavy atom. The Labute approximate surface area is 168 Å². The van der Waals surface area contributed by atoms with Crippen LogP contribution in [0.2, 0.25) is 0 Å². The maximum atomic E-state index is 12.0. The van der Waals surface area contributed by atoms with Crippen molar-refractivity contribution < 1.29 is 9.53 Å². The molecule has 1 N–H and O–H groups in total. The summed E-state index contributed by atoms with van der Waals surface area (Å²) in [5, 5.41) is 12.4. The van der Waals surface area contributed by atoms with E-state index in [4.69, 9.17) is 4.74 Å².